The quantitative estimate of drug-likeness (QED) is 0.802. The molecule has 0 aromatic heterocycles. The van der Waals surface area contributed by atoms with Gasteiger partial charge in [0.2, 0.25) is 0 Å². The van der Waals surface area contributed by atoms with Gasteiger partial charge in [0.1, 0.15) is 13.6 Å². The minimum Gasteiger partial charge on any atom is -0.497 e. The van der Waals surface area contributed by atoms with Crippen molar-refractivity contribution >= 4 is 19.2 Å². The van der Waals surface area contributed by atoms with Gasteiger partial charge in [0.25, 0.3) is 5.91 Å². The summed E-state index contributed by atoms with van der Waals surface area (Å²) in [6.45, 7) is 0. The highest BCUT2D eigenvalue weighted by atomic mass is 16.5. The zero-order chi connectivity index (χ0) is 13.1. The molecular formula is C14H14BNO2. The Balaban J connectivity index is 2.62. The van der Waals surface area contributed by atoms with E-state index >= 15 is 0 Å². The number of hydrogen-bond acceptors (Lipinski definition) is 2. The lowest BCUT2D eigenvalue weighted by Gasteiger charge is -2.12. The molecule has 1 amide bonds. The van der Waals surface area contributed by atoms with Crippen LogP contribution in [0.4, 0.5) is 0 Å². The van der Waals surface area contributed by atoms with Gasteiger partial charge in [0.15, 0.2) is 0 Å². The molecule has 0 aliphatic carbocycles. The Kier molecular flexibility index (Phi) is 3.37. The maximum absolute atomic E-state index is 11.5. The molecular weight excluding hydrogens is 225 g/mol. The smallest absolute Gasteiger partial charge is 0.252 e. The van der Waals surface area contributed by atoms with Crippen LogP contribution in [0.3, 0.4) is 0 Å². The lowest BCUT2D eigenvalue weighted by molar-refractivity contribution is 0.0997. The first-order valence-corrected chi connectivity index (χ1v) is 5.67. The van der Waals surface area contributed by atoms with Crippen LogP contribution in [0.15, 0.2) is 42.5 Å². The number of methoxy groups -OCH3 is 1. The molecule has 0 saturated heterocycles. The third-order valence-electron chi connectivity index (χ3n) is 2.85. The minimum atomic E-state index is -0.479. The van der Waals surface area contributed by atoms with Crippen LogP contribution in [-0.4, -0.2) is 20.9 Å². The second-order valence-electron chi connectivity index (χ2n) is 4.10. The Morgan fingerprint density at radius 3 is 2.39 bits per heavy atom. The molecule has 0 atom stereocenters. The molecule has 2 rings (SSSR count). The fourth-order valence-electron chi connectivity index (χ4n) is 2.03. The van der Waals surface area contributed by atoms with E-state index in [0.29, 0.717) is 11.3 Å². The van der Waals surface area contributed by atoms with E-state index in [2.05, 4.69) is 0 Å². The summed E-state index contributed by atoms with van der Waals surface area (Å²) < 4.78 is 5.23. The molecule has 0 unspecified atom stereocenters. The van der Waals surface area contributed by atoms with Crippen molar-refractivity contribution in [2.24, 2.45) is 5.73 Å². The summed E-state index contributed by atoms with van der Waals surface area (Å²) >= 11 is 0. The largest absolute Gasteiger partial charge is 0.497 e. The summed E-state index contributed by atoms with van der Waals surface area (Å²) in [5, 5.41) is 0. The van der Waals surface area contributed by atoms with Gasteiger partial charge in [-0.25, -0.2) is 0 Å². The van der Waals surface area contributed by atoms with E-state index in [9.17, 15) is 4.79 Å². The molecule has 0 heterocycles. The summed E-state index contributed by atoms with van der Waals surface area (Å²) in [6.07, 6.45) is 0. The molecule has 0 bridgehead atoms. The van der Waals surface area contributed by atoms with Crippen LogP contribution >= 0.6 is 0 Å². The Morgan fingerprint density at radius 2 is 1.83 bits per heavy atom. The predicted octanol–water partition coefficient (Wildman–Crippen LogP) is 0.719. The lowest BCUT2D eigenvalue weighted by atomic mass is 9.88. The van der Waals surface area contributed by atoms with Crippen LogP contribution in [-0.2, 0) is 0 Å². The van der Waals surface area contributed by atoms with Crippen molar-refractivity contribution in [3.8, 4) is 16.9 Å². The number of benzene rings is 2. The number of rotatable bonds is 3. The van der Waals surface area contributed by atoms with Crippen LogP contribution in [0.2, 0.25) is 0 Å². The van der Waals surface area contributed by atoms with Crippen molar-refractivity contribution in [1.29, 1.82) is 0 Å². The molecule has 2 aromatic carbocycles. The third-order valence-corrected chi connectivity index (χ3v) is 2.85. The molecule has 0 fully saturated rings. The lowest BCUT2D eigenvalue weighted by Crippen LogP contribution is -2.18. The molecule has 18 heavy (non-hydrogen) atoms. The molecule has 2 aromatic rings. The highest BCUT2D eigenvalue weighted by Gasteiger charge is 2.13. The van der Waals surface area contributed by atoms with Crippen LogP contribution < -0.4 is 15.9 Å². The Bertz CT molecular complexity index is 582. The van der Waals surface area contributed by atoms with Crippen molar-refractivity contribution in [3.05, 3.63) is 48.0 Å². The molecule has 0 aliphatic rings. The molecule has 0 aliphatic heterocycles. The van der Waals surface area contributed by atoms with Gasteiger partial charge < -0.3 is 10.5 Å². The zero-order valence-electron chi connectivity index (χ0n) is 10.4. The average molecular weight is 239 g/mol. The SMILES string of the molecule is Bc1cc(-c2ccccc2)cc(C(N)=O)c1OC. The number of carbonyl (C=O) groups is 1. The summed E-state index contributed by atoms with van der Waals surface area (Å²) in [7, 11) is 3.44. The molecule has 0 spiro atoms. The topological polar surface area (TPSA) is 52.3 Å². The highest BCUT2D eigenvalue weighted by molar-refractivity contribution is 6.35. The fraction of sp³-hybridized carbons (Fsp3) is 0.0714. The van der Waals surface area contributed by atoms with E-state index in [0.717, 1.165) is 16.6 Å². The molecule has 3 nitrogen and oxygen atoms in total. The van der Waals surface area contributed by atoms with Gasteiger partial charge in [-0.1, -0.05) is 36.4 Å². The number of nitrogens with two attached hydrogens (primary N) is 1. The number of hydrogen-bond donors (Lipinski definition) is 1. The van der Waals surface area contributed by atoms with Gasteiger partial charge >= 0.3 is 0 Å². The minimum absolute atomic E-state index is 0.413. The Morgan fingerprint density at radius 1 is 1.17 bits per heavy atom. The fourth-order valence-corrected chi connectivity index (χ4v) is 2.03. The number of carbonyl (C=O) groups excluding carboxylic acids is 1. The second-order valence-corrected chi connectivity index (χ2v) is 4.10. The van der Waals surface area contributed by atoms with E-state index in [4.69, 9.17) is 10.5 Å². The van der Waals surface area contributed by atoms with Crippen molar-refractivity contribution in [2.45, 2.75) is 0 Å². The number of amides is 1. The van der Waals surface area contributed by atoms with Gasteiger partial charge in [-0.2, -0.15) is 0 Å². The van der Waals surface area contributed by atoms with Gasteiger partial charge in [-0.15, -0.1) is 0 Å². The van der Waals surface area contributed by atoms with Gasteiger partial charge in [0, 0.05) is 0 Å². The molecule has 0 saturated carbocycles. The average Bonchev–Trinajstić information content (AvgIpc) is 2.38. The van der Waals surface area contributed by atoms with Crippen molar-refractivity contribution in [2.75, 3.05) is 7.11 Å². The van der Waals surface area contributed by atoms with Crippen molar-refractivity contribution < 1.29 is 9.53 Å². The number of ether oxygens (including phenoxy) is 1. The first-order chi connectivity index (χ1) is 8.63. The van der Waals surface area contributed by atoms with Crippen LogP contribution in [0, 0.1) is 0 Å². The highest BCUT2D eigenvalue weighted by Crippen LogP contribution is 2.24. The number of primary amides is 1. The van der Waals surface area contributed by atoms with Gasteiger partial charge in [0.05, 0.1) is 12.7 Å². The monoisotopic (exact) mass is 239 g/mol. The van der Waals surface area contributed by atoms with Gasteiger partial charge in [-0.05, 0) is 22.7 Å². The predicted molar refractivity (Wildman–Crippen MR) is 75.1 cm³/mol. The zero-order valence-corrected chi connectivity index (χ0v) is 10.4. The molecule has 2 N–H and O–H groups in total. The standard InChI is InChI=1S/C14H14BNO2/c1-18-13-11(14(16)17)7-10(8-12(13)15)9-5-3-2-4-6-9/h2-8H,15H2,1H3,(H2,16,17). The molecule has 0 radical (unpaired) electrons. The van der Waals surface area contributed by atoms with E-state index in [1.165, 1.54) is 7.11 Å². The van der Waals surface area contributed by atoms with Crippen LogP contribution in [0.25, 0.3) is 11.1 Å². The van der Waals surface area contributed by atoms with Crippen LogP contribution in [0.1, 0.15) is 10.4 Å². The first kappa shape index (κ1) is 12.2. The Hall–Kier alpha value is -2.23. The summed E-state index contributed by atoms with van der Waals surface area (Å²) in [5.74, 6) is 0.0647. The maximum atomic E-state index is 11.5. The van der Waals surface area contributed by atoms with Crippen molar-refractivity contribution in [1.82, 2.24) is 0 Å². The van der Waals surface area contributed by atoms with E-state index < -0.39 is 5.91 Å². The summed E-state index contributed by atoms with van der Waals surface area (Å²) in [5.41, 5.74) is 8.70. The normalized spacial score (nSPS) is 10.1. The maximum Gasteiger partial charge on any atom is 0.252 e. The van der Waals surface area contributed by atoms with E-state index in [1.54, 1.807) is 6.07 Å². The summed E-state index contributed by atoms with van der Waals surface area (Å²) in [6, 6.07) is 13.6. The molecule has 4 heteroatoms. The molecule has 90 valence electrons. The van der Waals surface area contributed by atoms with Gasteiger partial charge in [-0.3, -0.25) is 4.79 Å². The second kappa shape index (κ2) is 4.96. The van der Waals surface area contributed by atoms with Crippen molar-refractivity contribution in [3.63, 3.8) is 0 Å². The van der Waals surface area contributed by atoms with Crippen LogP contribution in [0.5, 0.6) is 5.75 Å². The van der Waals surface area contributed by atoms with E-state index in [-0.39, 0.29) is 0 Å². The third kappa shape index (κ3) is 2.23. The summed E-state index contributed by atoms with van der Waals surface area (Å²) in [4.78, 5) is 11.5. The Labute approximate surface area is 107 Å². The van der Waals surface area contributed by atoms with E-state index in [1.807, 2.05) is 44.2 Å². The first-order valence-electron chi connectivity index (χ1n) is 5.67.